The van der Waals surface area contributed by atoms with Crippen LogP contribution in [0.3, 0.4) is 0 Å². The van der Waals surface area contributed by atoms with Crippen molar-refractivity contribution in [3.63, 3.8) is 0 Å². The maximum Gasteiger partial charge on any atom is 0.0371 e. The number of hydrogen-bond donors (Lipinski definition) is 1. The molecule has 3 rings (SSSR count). The standard InChI is InChI=1S/C15H22BrN3/c1-18-13-4-5-14(18)10-19(7-6-13)9-11-2-3-12(16)8-15(11)17/h2-3,8,13-14H,4-7,9-10,17H2,1H3. The van der Waals surface area contributed by atoms with Gasteiger partial charge in [-0.15, -0.1) is 0 Å². The summed E-state index contributed by atoms with van der Waals surface area (Å²) in [4.78, 5) is 5.16. The Bertz CT molecular complexity index is 463. The van der Waals surface area contributed by atoms with Gasteiger partial charge in [0.15, 0.2) is 0 Å². The molecule has 0 amide bonds. The normalized spacial score (nSPS) is 28.5. The molecule has 2 atom stereocenters. The Balaban J connectivity index is 1.70. The lowest BCUT2D eigenvalue weighted by molar-refractivity contribution is 0.215. The van der Waals surface area contributed by atoms with E-state index in [1.54, 1.807) is 0 Å². The molecule has 2 aliphatic rings. The van der Waals surface area contributed by atoms with Crippen molar-refractivity contribution in [1.82, 2.24) is 9.80 Å². The molecule has 0 radical (unpaired) electrons. The third-order valence-electron chi connectivity index (χ3n) is 4.73. The van der Waals surface area contributed by atoms with Gasteiger partial charge in [-0.2, -0.15) is 0 Å². The van der Waals surface area contributed by atoms with Crippen molar-refractivity contribution in [2.75, 3.05) is 25.9 Å². The molecule has 2 N–H and O–H groups in total. The summed E-state index contributed by atoms with van der Waals surface area (Å²) >= 11 is 3.47. The molecule has 2 unspecified atom stereocenters. The van der Waals surface area contributed by atoms with E-state index in [0.29, 0.717) is 0 Å². The van der Waals surface area contributed by atoms with Crippen molar-refractivity contribution in [2.45, 2.75) is 37.9 Å². The van der Waals surface area contributed by atoms with Gasteiger partial charge in [0.25, 0.3) is 0 Å². The molecule has 4 heteroatoms. The van der Waals surface area contributed by atoms with Crippen LogP contribution >= 0.6 is 15.9 Å². The highest BCUT2D eigenvalue weighted by atomic mass is 79.9. The van der Waals surface area contributed by atoms with Crippen LogP contribution in [0, 0.1) is 0 Å². The monoisotopic (exact) mass is 323 g/mol. The number of nitrogens with zero attached hydrogens (tertiary/aromatic N) is 2. The smallest absolute Gasteiger partial charge is 0.0371 e. The average Bonchev–Trinajstić information content (AvgIpc) is 2.60. The second-order valence-corrected chi connectivity index (χ2v) is 6.83. The number of fused-ring (bicyclic) bond motifs is 2. The highest BCUT2D eigenvalue weighted by Crippen LogP contribution is 2.29. The van der Waals surface area contributed by atoms with Gasteiger partial charge in [-0.1, -0.05) is 22.0 Å². The largest absolute Gasteiger partial charge is 0.398 e. The SMILES string of the molecule is CN1C2CCC1CN(Cc1ccc(Br)cc1N)CC2. The van der Waals surface area contributed by atoms with E-state index in [2.05, 4.69) is 44.9 Å². The summed E-state index contributed by atoms with van der Waals surface area (Å²) in [6.07, 6.45) is 4.03. The molecule has 2 heterocycles. The van der Waals surface area contributed by atoms with Gasteiger partial charge in [0.05, 0.1) is 0 Å². The van der Waals surface area contributed by atoms with Crippen molar-refractivity contribution in [3.8, 4) is 0 Å². The summed E-state index contributed by atoms with van der Waals surface area (Å²) in [6.45, 7) is 3.36. The number of halogens is 1. The topological polar surface area (TPSA) is 32.5 Å². The van der Waals surface area contributed by atoms with Crippen LogP contribution < -0.4 is 5.73 Å². The number of likely N-dealkylation sites (tertiary alicyclic amines) is 1. The van der Waals surface area contributed by atoms with Gasteiger partial charge >= 0.3 is 0 Å². The van der Waals surface area contributed by atoms with Crippen molar-refractivity contribution in [2.24, 2.45) is 0 Å². The molecule has 0 saturated carbocycles. The lowest BCUT2D eigenvalue weighted by Gasteiger charge is -2.26. The Morgan fingerprint density at radius 3 is 2.84 bits per heavy atom. The second-order valence-electron chi connectivity index (χ2n) is 5.92. The summed E-state index contributed by atoms with van der Waals surface area (Å²) in [6, 6.07) is 7.78. The molecule has 3 nitrogen and oxygen atoms in total. The Morgan fingerprint density at radius 1 is 1.26 bits per heavy atom. The van der Waals surface area contributed by atoms with E-state index in [-0.39, 0.29) is 0 Å². The molecule has 0 aliphatic carbocycles. The first-order chi connectivity index (χ1) is 9.13. The van der Waals surface area contributed by atoms with Gasteiger partial charge in [0.1, 0.15) is 0 Å². The minimum atomic E-state index is 0.740. The van der Waals surface area contributed by atoms with Gasteiger partial charge in [0, 0.05) is 41.9 Å². The first-order valence-electron chi connectivity index (χ1n) is 7.11. The summed E-state index contributed by atoms with van der Waals surface area (Å²) in [5, 5.41) is 0. The second kappa shape index (κ2) is 5.43. The van der Waals surface area contributed by atoms with Crippen molar-refractivity contribution < 1.29 is 0 Å². The molecule has 2 bridgehead atoms. The number of likely N-dealkylation sites (N-methyl/N-ethyl adjacent to an activating group) is 1. The lowest BCUT2D eigenvalue weighted by atomic mass is 10.1. The lowest BCUT2D eigenvalue weighted by Crippen LogP contribution is -2.36. The molecule has 1 aromatic rings. The van der Waals surface area contributed by atoms with Crippen LogP contribution in [0.1, 0.15) is 24.8 Å². The van der Waals surface area contributed by atoms with Crippen molar-refractivity contribution in [1.29, 1.82) is 0 Å². The quantitative estimate of drug-likeness (QED) is 0.849. The molecular weight excluding hydrogens is 302 g/mol. The zero-order valence-electron chi connectivity index (χ0n) is 11.5. The average molecular weight is 324 g/mol. The fraction of sp³-hybridized carbons (Fsp3) is 0.600. The Morgan fingerprint density at radius 2 is 2.05 bits per heavy atom. The molecule has 2 aliphatic heterocycles. The summed E-state index contributed by atoms with van der Waals surface area (Å²) in [7, 11) is 2.29. The minimum Gasteiger partial charge on any atom is -0.398 e. The fourth-order valence-electron chi connectivity index (χ4n) is 3.47. The van der Waals surface area contributed by atoms with Gasteiger partial charge < -0.3 is 5.73 Å². The Kier molecular flexibility index (Phi) is 3.83. The maximum atomic E-state index is 6.11. The number of nitrogens with two attached hydrogens (primary N) is 1. The molecule has 104 valence electrons. The van der Waals surface area contributed by atoms with Crippen LogP contribution in [0.5, 0.6) is 0 Å². The first-order valence-corrected chi connectivity index (χ1v) is 7.91. The first kappa shape index (κ1) is 13.4. The summed E-state index contributed by atoms with van der Waals surface area (Å²) in [5.74, 6) is 0. The fourth-order valence-corrected chi connectivity index (χ4v) is 3.85. The number of benzene rings is 1. The molecule has 0 aromatic heterocycles. The van der Waals surface area contributed by atoms with Crippen LogP contribution in [-0.4, -0.2) is 42.0 Å². The van der Waals surface area contributed by atoms with Gasteiger partial charge in [0.2, 0.25) is 0 Å². The number of hydrogen-bond acceptors (Lipinski definition) is 3. The van der Waals surface area contributed by atoms with Gasteiger partial charge in [-0.25, -0.2) is 0 Å². The van der Waals surface area contributed by atoms with Gasteiger partial charge in [-0.05, 0) is 44.0 Å². The third kappa shape index (κ3) is 2.81. The summed E-state index contributed by atoms with van der Waals surface area (Å²) in [5.41, 5.74) is 8.27. The Hall–Kier alpha value is -0.580. The predicted octanol–water partition coefficient (Wildman–Crippen LogP) is 2.70. The van der Waals surface area contributed by atoms with E-state index in [4.69, 9.17) is 5.73 Å². The molecular formula is C15H22BrN3. The van der Waals surface area contributed by atoms with E-state index >= 15 is 0 Å². The molecule has 2 saturated heterocycles. The van der Waals surface area contributed by atoms with Gasteiger partial charge in [-0.3, -0.25) is 9.80 Å². The van der Waals surface area contributed by atoms with E-state index in [1.807, 2.05) is 6.07 Å². The third-order valence-corrected chi connectivity index (χ3v) is 5.23. The minimum absolute atomic E-state index is 0.740. The van der Waals surface area contributed by atoms with Crippen LogP contribution in [0.25, 0.3) is 0 Å². The van der Waals surface area contributed by atoms with Crippen LogP contribution in [0.4, 0.5) is 5.69 Å². The number of anilines is 1. The van der Waals surface area contributed by atoms with E-state index < -0.39 is 0 Å². The molecule has 1 aromatic carbocycles. The van der Waals surface area contributed by atoms with Crippen LogP contribution in [0.2, 0.25) is 0 Å². The van der Waals surface area contributed by atoms with E-state index in [0.717, 1.165) is 28.8 Å². The molecule has 0 spiro atoms. The predicted molar refractivity (Wildman–Crippen MR) is 83.0 cm³/mol. The number of nitrogen functional groups attached to an aromatic ring is 1. The molecule has 2 fully saturated rings. The zero-order valence-corrected chi connectivity index (χ0v) is 13.1. The van der Waals surface area contributed by atoms with Crippen molar-refractivity contribution in [3.05, 3.63) is 28.2 Å². The zero-order chi connectivity index (χ0) is 13.4. The van der Waals surface area contributed by atoms with Crippen molar-refractivity contribution >= 4 is 21.6 Å². The van der Waals surface area contributed by atoms with E-state index in [1.165, 1.54) is 37.9 Å². The summed E-state index contributed by atoms with van der Waals surface area (Å²) < 4.78 is 1.06. The highest BCUT2D eigenvalue weighted by molar-refractivity contribution is 9.10. The maximum absolute atomic E-state index is 6.11. The van der Waals surface area contributed by atoms with Crippen LogP contribution in [0.15, 0.2) is 22.7 Å². The van der Waals surface area contributed by atoms with Crippen LogP contribution in [-0.2, 0) is 6.54 Å². The Labute approximate surface area is 123 Å². The number of rotatable bonds is 2. The van der Waals surface area contributed by atoms with E-state index in [9.17, 15) is 0 Å². The highest BCUT2D eigenvalue weighted by Gasteiger charge is 2.34. The molecule has 19 heavy (non-hydrogen) atoms.